The first-order chi connectivity index (χ1) is 10.1. The van der Waals surface area contributed by atoms with Gasteiger partial charge in [-0.25, -0.2) is 0 Å². The zero-order valence-corrected chi connectivity index (χ0v) is 13.8. The minimum atomic E-state index is 0.731. The molecule has 1 N–H and O–H groups in total. The Morgan fingerprint density at radius 1 is 1.43 bits per heavy atom. The van der Waals surface area contributed by atoms with Gasteiger partial charge in [0.2, 0.25) is 0 Å². The number of rotatable bonds is 5. The largest absolute Gasteiger partial charge is 0.359 e. The van der Waals surface area contributed by atoms with Crippen LogP contribution in [0.4, 0.5) is 0 Å². The Bertz CT molecular complexity index is 488. The normalized spacial score (nSPS) is 16.0. The van der Waals surface area contributed by atoms with Gasteiger partial charge in [-0.1, -0.05) is 6.08 Å². The van der Waals surface area contributed by atoms with Crippen molar-refractivity contribution in [3.8, 4) is 0 Å². The molecule has 0 radical (unpaired) electrons. The number of aromatic nitrogens is 2. The average Bonchev–Trinajstić information content (AvgIpc) is 2.86. The summed E-state index contributed by atoms with van der Waals surface area (Å²) in [6, 6.07) is 0. The summed E-state index contributed by atoms with van der Waals surface area (Å²) in [6.45, 7) is 14.6. The smallest absolute Gasteiger partial charge is 0.169 e. The van der Waals surface area contributed by atoms with Crippen molar-refractivity contribution in [3.63, 3.8) is 0 Å². The second kappa shape index (κ2) is 7.56. The van der Waals surface area contributed by atoms with Gasteiger partial charge in [-0.15, -0.1) is 6.58 Å². The molecule has 1 aliphatic rings. The molecule has 2 heterocycles. The van der Waals surface area contributed by atoms with Gasteiger partial charge in [-0.05, 0) is 26.1 Å². The van der Waals surface area contributed by atoms with Crippen molar-refractivity contribution < 1.29 is 0 Å². The van der Waals surface area contributed by atoms with E-state index in [9.17, 15) is 0 Å². The Balaban J connectivity index is 1.82. The minimum absolute atomic E-state index is 0.731. The maximum Gasteiger partial charge on any atom is 0.169 e. The molecule has 1 fully saturated rings. The summed E-state index contributed by atoms with van der Waals surface area (Å²) >= 11 is 5.38. The quantitative estimate of drug-likeness (QED) is 0.657. The van der Waals surface area contributed by atoms with Gasteiger partial charge in [-0.2, -0.15) is 5.10 Å². The Morgan fingerprint density at radius 2 is 2.14 bits per heavy atom. The van der Waals surface area contributed by atoms with Crippen LogP contribution in [0.15, 0.2) is 18.9 Å². The first kappa shape index (κ1) is 16.0. The molecule has 0 atom stereocenters. The van der Waals surface area contributed by atoms with Crippen LogP contribution in [0.1, 0.15) is 18.2 Å². The number of nitrogens with zero attached hydrogens (tertiary/aromatic N) is 4. The van der Waals surface area contributed by atoms with Crippen LogP contribution in [0.3, 0.4) is 0 Å². The molecule has 1 aliphatic heterocycles. The van der Waals surface area contributed by atoms with Gasteiger partial charge in [0.05, 0.1) is 5.69 Å². The zero-order valence-electron chi connectivity index (χ0n) is 13.0. The lowest BCUT2D eigenvalue weighted by atomic mass is 10.2. The molecule has 0 bridgehead atoms. The molecule has 2 rings (SSSR count). The maximum absolute atomic E-state index is 5.38. The van der Waals surface area contributed by atoms with E-state index in [1.54, 1.807) is 0 Å². The molecular weight excluding hydrogens is 282 g/mol. The van der Waals surface area contributed by atoms with E-state index < -0.39 is 0 Å². The van der Waals surface area contributed by atoms with Crippen molar-refractivity contribution in [1.29, 1.82) is 0 Å². The van der Waals surface area contributed by atoms with Crippen LogP contribution in [-0.4, -0.2) is 57.4 Å². The van der Waals surface area contributed by atoms with Crippen LogP contribution >= 0.6 is 12.2 Å². The van der Waals surface area contributed by atoms with E-state index in [4.69, 9.17) is 12.2 Å². The number of piperazine rings is 1. The summed E-state index contributed by atoms with van der Waals surface area (Å²) in [6.07, 6.45) is 3.99. The van der Waals surface area contributed by atoms with Crippen molar-refractivity contribution in [1.82, 2.24) is 24.9 Å². The lowest BCUT2D eigenvalue weighted by molar-refractivity contribution is 0.174. The Kier molecular flexibility index (Phi) is 5.76. The van der Waals surface area contributed by atoms with Crippen LogP contribution in [0.5, 0.6) is 0 Å². The summed E-state index contributed by atoms with van der Waals surface area (Å²) in [7, 11) is 0. The van der Waals surface area contributed by atoms with Gasteiger partial charge >= 0.3 is 0 Å². The highest BCUT2D eigenvalue weighted by Gasteiger charge is 2.19. The van der Waals surface area contributed by atoms with Crippen molar-refractivity contribution in [2.75, 3.05) is 32.7 Å². The van der Waals surface area contributed by atoms with Gasteiger partial charge in [0.1, 0.15) is 0 Å². The van der Waals surface area contributed by atoms with Crippen LogP contribution in [0.25, 0.3) is 0 Å². The molecule has 0 amide bonds. The summed E-state index contributed by atoms with van der Waals surface area (Å²) < 4.78 is 2.01. The van der Waals surface area contributed by atoms with E-state index in [0.717, 1.165) is 56.6 Å². The Labute approximate surface area is 132 Å². The van der Waals surface area contributed by atoms with Crippen molar-refractivity contribution in [3.05, 3.63) is 30.1 Å². The topological polar surface area (TPSA) is 36.3 Å². The Morgan fingerprint density at radius 3 is 2.71 bits per heavy atom. The van der Waals surface area contributed by atoms with E-state index in [1.165, 1.54) is 5.56 Å². The van der Waals surface area contributed by atoms with E-state index >= 15 is 0 Å². The molecule has 0 saturated carbocycles. The van der Waals surface area contributed by atoms with Crippen LogP contribution < -0.4 is 5.32 Å². The van der Waals surface area contributed by atoms with E-state index in [1.807, 2.05) is 10.8 Å². The lowest BCUT2D eigenvalue weighted by Crippen LogP contribution is -2.51. The number of hydrogen-bond donors (Lipinski definition) is 1. The monoisotopic (exact) mass is 307 g/mol. The third-order valence-corrected chi connectivity index (χ3v) is 4.23. The molecule has 116 valence electrons. The molecule has 1 saturated heterocycles. The van der Waals surface area contributed by atoms with Crippen LogP contribution in [0.2, 0.25) is 0 Å². The van der Waals surface area contributed by atoms with Gasteiger partial charge in [-0.3, -0.25) is 9.58 Å². The highest BCUT2D eigenvalue weighted by Crippen LogP contribution is 2.12. The fourth-order valence-electron chi connectivity index (χ4n) is 2.50. The second-order valence-electron chi connectivity index (χ2n) is 5.33. The molecule has 0 aromatic carbocycles. The molecule has 0 unspecified atom stereocenters. The third kappa shape index (κ3) is 4.28. The number of aryl methyl sites for hydroxylation is 2. The van der Waals surface area contributed by atoms with Crippen molar-refractivity contribution >= 4 is 17.3 Å². The number of nitrogens with one attached hydrogen (secondary N) is 1. The Hall–Kier alpha value is -1.40. The van der Waals surface area contributed by atoms with Crippen LogP contribution in [-0.2, 0) is 13.1 Å². The van der Waals surface area contributed by atoms with Gasteiger partial charge in [0.15, 0.2) is 5.11 Å². The molecule has 1 aromatic rings. The molecule has 21 heavy (non-hydrogen) atoms. The standard InChI is InChI=1S/C15H25N5S/c1-4-6-16-15(21)19-9-7-18(8-10-19)11-14-12-20(5-2)17-13(14)3/h4,12H,1,5-11H2,2-3H3,(H,16,21). The fraction of sp³-hybridized carbons (Fsp3) is 0.600. The predicted octanol–water partition coefficient (Wildman–Crippen LogP) is 1.39. The first-order valence-corrected chi connectivity index (χ1v) is 7.93. The van der Waals surface area contributed by atoms with Gasteiger partial charge < -0.3 is 10.2 Å². The molecule has 6 heteroatoms. The molecule has 1 aromatic heterocycles. The summed E-state index contributed by atoms with van der Waals surface area (Å²) in [5.41, 5.74) is 2.47. The highest BCUT2D eigenvalue weighted by molar-refractivity contribution is 7.80. The summed E-state index contributed by atoms with van der Waals surface area (Å²) in [4.78, 5) is 4.70. The SMILES string of the molecule is C=CCNC(=S)N1CCN(Cc2cn(CC)nc2C)CC1. The minimum Gasteiger partial charge on any atom is -0.359 e. The van der Waals surface area contributed by atoms with E-state index in [-0.39, 0.29) is 0 Å². The molecule has 0 spiro atoms. The van der Waals surface area contributed by atoms with Gasteiger partial charge in [0, 0.05) is 57.6 Å². The third-order valence-electron chi connectivity index (χ3n) is 3.82. The van der Waals surface area contributed by atoms with Crippen molar-refractivity contribution in [2.24, 2.45) is 0 Å². The molecule has 0 aliphatic carbocycles. The maximum atomic E-state index is 5.38. The summed E-state index contributed by atoms with van der Waals surface area (Å²) in [5, 5.41) is 8.54. The zero-order chi connectivity index (χ0) is 15.2. The average molecular weight is 307 g/mol. The van der Waals surface area contributed by atoms with Crippen LogP contribution in [0, 0.1) is 6.92 Å². The lowest BCUT2D eigenvalue weighted by Gasteiger charge is -2.36. The molecular formula is C15H25N5S. The second-order valence-corrected chi connectivity index (χ2v) is 5.72. The predicted molar refractivity (Wildman–Crippen MR) is 90.3 cm³/mol. The number of hydrogen-bond acceptors (Lipinski definition) is 3. The number of thiocarbonyl (C=S) groups is 1. The van der Waals surface area contributed by atoms with E-state index in [2.05, 4.69) is 46.8 Å². The summed E-state index contributed by atoms with van der Waals surface area (Å²) in [5.74, 6) is 0. The van der Waals surface area contributed by atoms with Gasteiger partial charge in [0.25, 0.3) is 0 Å². The highest BCUT2D eigenvalue weighted by atomic mass is 32.1. The fourth-order valence-corrected chi connectivity index (χ4v) is 2.76. The molecule has 5 nitrogen and oxygen atoms in total. The first-order valence-electron chi connectivity index (χ1n) is 7.53. The van der Waals surface area contributed by atoms with E-state index in [0.29, 0.717) is 0 Å². The van der Waals surface area contributed by atoms with Crippen molar-refractivity contribution in [2.45, 2.75) is 26.9 Å².